The standard InChI is InChI=1S/C11H19NS/c1-9(2)13-11-7-5-3-4-6-10(11)8-12/h9-11H,3-7H2,1-2H3. The van der Waals surface area contributed by atoms with E-state index in [9.17, 15) is 0 Å². The van der Waals surface area contributed by atoms with Gasteiger partial charge in [0.05, 0.1) is 12.0 Å². The Kier molecular flexibility index (Phi) is 4.66. The van der Waals surface area contributed by atoms with E-state index in [-0.39, 0.29) is 0 Å². The Morgan fingerprint density at radius 1 is 1.23 bits per heavy atom. The molecule has 1 rings (SSSR count). The van der Waals surface area contributed by atoms with Gasteiger partial charge in [0.2, 0.25) is 0 Å². The van der Waals surface area contributed by atoms with E-state index < -0.39 is 0 Å². The SMILES string of the molecule is CC(C)SC1CCCCCC1C#N. The van der Waals surface area contributed by atoms with Crippen LogP contribution in [-0.2, 0) is 0 Å². The normalized spacial score (nSPS) is 29.7. The second-order valence-electron chi connectivity index (χ2n) is 4.10. The monoisotopic (exact) mass is 197 g/mol. The maximum Gasteiger partial charge on any atom is 0.0667 e. The van der Waals surface area contributed by atoms with Crippen LogP contribution in [0.2, 0.25) is 0 Å². The van der Waals surface area contributed by atoms with Gasteiger partial charge in [-0.15, -0.1) is 0 Å². The second kappa shape index (κ2) is 5.54. The highest BCUT2D eigenvalue weighted by Gasteiger charge is 2.24. The van der Waals surface area contributed by atoms with Gasteiger partial charge in [-0.2, -0.15) is 17.0 Å². The third kappa shape index (κ3) is 3.60. The molecule has 0 radical (unpaired) electrons. The van der Waals surface area contributed by atoms with Crippen LogP contribution in [0.25, 0.3) is 0 Å². The van der Waals surface area contributed by atoms with Gasteiger partial charge < -0.3 is 0 Å². The van der Waals surface area contributed by atoms with Crippen LogP contribution < -0.4 is 0 Å². The second-order valence-corrected chi connectivity index (χ2v) is 5.92. The number of nitrogens with zero attached hydrogens (tertiary/aromatic N) is 1. The van der Waals surface area contributed by atoms with Crippen molar-refractivity contribution in [1.29, 1.82) is 5.26 Å². The number of hydrogen-bond donors (Lipinski definition) is 0. The summed E-state index contributed by atoms with van der Waals surface area (Å²) in [6.45, 7) is 4.45. The molecule has 2 unspecified atom stereocenters. The lowest BCUT2D eigenvalue weighted by Gasteiger charge is -2.20. The van der Waals surface area contributed by atoms with Crippen molar-refractivity contribution in [3.05, 3.63) is 0 Å². The van der Waals surface area contributed by atoms with E-state index in [1.807, 2.05) is 11.8 Å². The third-order valence-electron chi connectivity index (χ3n) is 2.57. The Labute approximate surface area is 85.9 Å². The van der Waals surface area contributed by atoms with Crippen LogP contribution in [0.3, 0.4) is 0 Å². The van der Waals surface area contributed by atoms with Crippen molar-refractivity contribution in [2.75, 3.05) is 0 Å². The summed E-state index contributed by atoms with van der Waals surface area (Å²) in [5.41, 5.74) is 0. The van der Waals surface area contributed by atoms with E-state index in [2.05, 4.69) is 19.9 Å². The molecule has 1 aliphatic carbocycles. The molecule has 0 aromatic rings. The molecule has 1 nitrogen and oxygen atoms in total. The first kappa shape index (κ1) is 10.9. The van der Waals surface area contributed by atoms with Crippen molar-refractivity contribution < 1.29 is 0 Å². The molecule has 0 aromatic heterocycles. The average molecular weight is 197 g/mol. The number of nitriles is 1. The molecule has 13 heavy (non-hydrogen) atoms. The molecule has 2 heteroatoms. The maximum absolute atomic E-state index is 9.04. The van der Waals surface area contributed by atoms with Gasteiger partial charge in [0.25, 0.3) is 0 Å². The molecule has 0 saturated heterocycles. The minimum atomic E-state index is 0.315. The summed E-state index contributed by atoms with van der Waals surface area (Å²) in [6, 6.07) is 2.48. The van der Waals surface area contributed by atoms with Crippen LogP contribution in [-0.4, -0.2) is 10.5 Å². The van der Waals surface area contributed by atoms with E-state index in [0.29, 0.717) is 16.4 Å². The highest BCUT2D eigenvalue weighted by atomic mass is 32.2. The van der Waals surface area contributed by atoms with Crippen molar-refractivity contribution in [2.45, 2.75) is 56.5 Å². The largest absolute Gasteiger partial charge is 0.198 e. The van der Waals surface area contributed by atoms with Crippen LogP contribution in [0.1, 0.15) is 46.0 Å². The molecule has 1 fully saturated rings. The van der Waals surface area contributed by atoms with Crippen molar-refractivity contribution >= 4 is 11.8 Å². The van der Waals surface area contributed by atoms with E-state index >= 15 is 0 Å². The van der Waals surface area contributed by atoms with E-state index in [1.54, 1.807) is 0 Å². The molecule has 0 aromatic carbocycles. The summed E-state index contributed by atoms with van der Waals surface area (Å²) >= 11 is 2.00. The maximum atomic E-state index is 9.04. The summed E-state index contributed by atoms with van der Waals surface area (Å²) in [6.07, 6.45) is 6.28. The molecule has 0 bridgehead atoms. The smallest absolute Gasteiger partial charge is 0.0667 e. The zero-order chi connectivity index (χ0) is 9.68. The molecule has 0 N–H and O–H groups in total. The summed E-state index contributed by atoms with van der Waals surface area (Å²) < 4.78 is 0. The van der Waals surface area contributed by atoms with Gasteiger partial charge in [-0.25, -0.2) is 0 Å². The highest BCUT2D eigenvalue weighted by Crippen LogP contribution is 2.33. The first-order valence-corrected chi connectivity index (χ1v) is 6.23. The number of rotatable bonds is 2. The van der Waals surface area contributed by atoms with Crippen LogP contribution in [0, 0.1) is 17.2 Å². The van der Waals surface area contributed by atoms with Crippen molar-refractivity contribution in [1.82, 2.24) is 0 Å². The van der Waals surface area contributed by atoms with Gasteiger partial charge in [-0.1, -0.05) is 33.1 Å². The predicted octanol–water partition coefficient (Wildman–Crippen LogP) is 3.60. The molecule has 74 valence electrons. The Morgan fingerprint density at radius 2 is 1.92 bits per heavy atom. The lowest BCUT2D eigenvalue weighted by atomic mass is 10.0. The fourth-order valence-corrected chi connectivity index (χ4v) is 3.32. The van der Waals surface area contributed by atoms with Gasteiger partial charge >= 0.3 is 0 Å². The number of hydrogen-bond acceptors (Lipinski definition) is 2. The molecule has 0 spiro atoms. The number of thioether (sulfide) groups is 1. The lowest BCUT2D eigenvalue weighted by molar-refractivity contribution is 0.584. The molecular weight excluding hydrogens is 178 g/mol. The van der Waals surface area contributed by atoms with Gasteiger partial charge in [0, 0.05) is 5.25 Å². The lowest BCUT2D eigenvalue weighted by Crippen LogP contribution is -2.16. The summed E-state index contributed by atoms with van der Waals surface area (Å²) in [4.78, 5) is 0. The summed E-state index contributed by atoms with van der Waals surface area (Å²) in [5.74, 6) is 0.315. The van der Waals surface area contributed by atoms with Crippen LogP contribution in [0.15, 0.2) is 0 Å². The molecule has 0 amide bonds. The molecular formula is C11H19NS. The van der Waals surface area contributed by atoms with Gasteiger partial charge in [-0.3, -0.25) is 0 Å². The predicted molar refractivity (Wildman–Crippen MR) is 58.7 cm³/mol. The topological polar surface area (TPSA) is 23.8 Å². The summed E-state index contributed by atoms with van der Waals surface area (Å²) in [7, 11) is 0. The van der Waals surface area contributed by atoms with Crippen molar-refractivity contribution in [3.8, 4) is 6.07 Å². The summed E-state index contributed by atoms with van der Waals surface area (Å²) in [5, 5.41) is 10.3. The molecule has 0 aliphatic heterocycles. The van der Waals surface area contributed by atoms with Gasteiger partial charge in [0.15, 0.2) is 0 Å². The van der Waals surface area contributed by atoms with Crippen molar-refractivity contribution in [3.63, 3.8) is 0 Å². The molecule has 2 atom stereocenters. The Morgan fingerprint density at radius 3 is 2.54 bits per heavy atom. The Hall–Kier alpha value is -0.160. The van der Waals surface area contributed by atoms with Crippen LogP contribution in [0.5, 0.6) is 0 Å². The van der Waals surface area contributed by atoms with Crippen molar-refractivity contribution in [2.24, 2.45) is 5.92 Å². The van der Waals surface area contributed by atoms with Gasteiger partial charge in [-0.05, 0) is 18.1 Å². The molecule has 1 aliphatic rings. The highest BCUT2D eigenvalue weighted by molar-refractivity contribution is 8.00. The molecule has 1 saturated carbocycles. The fourth-order valence-electron chi connectivity index (χ4n) is 1.93. The van der Waals surface area contributed by atoms with E-state index in [0.717, 1.165) is 6.42 Å². The zero-order valence-corrected chi connectivity index (χ0v) is 9.44. The van der Waals surface area contributed by atoms with Crippen LogP contribution in [0.4, 0.5) is 0 Å². The first-order chi connectivity index (χ1) is 6.24. The van der Waals surface area contributed by atoms with E-state index in [4.69, 9.17) is 5.26 Å². The van der Waals surface area contributed by atoms with E-state index in [1.165, 1.54) is 25.7 Å². The Bertz CT molecular complexity index is 183. The fraction of sp³-hybridized carbons (Fsp3) is 0.909. The minimum Gasteiger partial charge on any atom is -0.198 e. The average Bonchev–Trinajstić information content (AvgIpc) is 2.28. The quantitative estimate of drug-likeness (QED) is 0.631. The zero-order valence-electron chi connectivity index (χ0n) is 8.62. The third-order valence-corrected chi connectivity index (χ3v) is 4.02. The molecule has 0 heterocycles. The Balaban J connectivity index is 2.50. The van der Waals surface area contributed by atoms with Gasteiger partial charge in [0.1, 0.15) is 0 Å². The first-order valence-electron chi connectivity index (χ1n) is 5.29. The minimum absolute atomic E-state index is 0.315. The van der Waals surface area contributed by atoms with Crippen LogP contribution >= 0.6 is 11.8 Å².